The van der Waals surface area contributed by atoms with Crippen LogP contribution in [0.2, 0.25) is 0 Å². The number of hydroxylamine groups is 1. The Hall–Kier alpha value is -2.70. The van der Waals surface area contributed by atoms with Crippen LogP contribution >= 0.6 is 0 Å². The van der Waals surface area contributed by atoms with Gasteiger partial charge in [0.25, 0.3) is 5.91 Å². The Morgan fingerprint density at radius 2 is 1.96 bits per heavy atom. The fraction of sp³-hybridized carbons (Fsp3) is 0.333. The van der Waals surface area contributed by atoms with Crippen LogP contribution in [0.1, 0.15) is 46.0 Å². The minimum Gasteiger partial charge on any atom is -0.366 e. The second-order valence-corrected chi connectivity index (χ2v) is 6.84. The summed E-state index contributed by atoms with van der Waals surface area (Å²) in [7, 11) is 0. The molecule has 6 heteroatoms. The lowest BCUT2D eigenvalue weighted by molar-refractivity contribution is 0.0706. The Balaban J connectivity index is 2.01. The van der Waals surface area contributed by atoms with Gasteiger partial charge in [0.05, 0.1) is 0 Å². The molecule has 27 heavy (non-hydrogen) atoms. The van der Waals surface area contributed by atoms with Gasteiger partial charge in [0.15, 0.2) is 0 Å². The van der Waals surface area contributed by atoms with E-state index in [1.165, 1.54) is 0 Å². The number of carbonyl (C=O) groups excluding carboxylic acids is 2. The molecular formula is C21H25N3O3. The van der Waals surface area contributed by atoms with Crippen molar-refractivity contribution < 1.29 is 14.8 Å². The predicted octanol–water partition coefficient (Wildman–Crippen LogP) is 2.60. The second kappa shape index (κ2) is 8.33. The standard InChI is InChI=1S/C21H25N3O3/c1-2-24-12-4-5-16(24)13-19-17(6-3-7-18(19)20(22)25)14-8-10-15(11-9-14)21(26)23-27/h3,6-11,16,27H,2,4-5,12-13H2,1H3,(H2,22,25)(H,23,26). The van der Waals surface area contributed by atoms with E-state index < -0.39 is 11.8 Å². The number of nitrogens with two attached hydrogens (primary N) is 1. The lowest BCUT2D eigenvalue weighted by Crippen LogP contribution is -2.31. The van der Waals surface area contributed by atoms with Gasteiger partial charge >= 0.3 is 0 Å². The van der Waals surface area contributed by atoms with Crippen molar-refractivity contribution in [3.8, 4) is 11.1 Å². The number of amides is 2. The van der Waals surface area contributed by atoms with Crippen molar-refractivity contribution in [1.29, 1.82) is 0 Å². The Morgan fingerprint density at radius 3 is 2.59 bits per heavy atom. The molecule has 0 saturated carbocycles. The highest BCUT2D eigenvalue weighted by Crippen LogP contribution is 2.31. The van der Waals surface area contributed by atoms with Crippen LogP contribution < -0.4 is 11.2 Å². The van der Waals surface area contributed by atoms with E-state index in [9.17, 15) is 9.59 Å². The lowest BCUT2D eigenvalue weighted by Gasteiger charge is -2.25. The quantitative estimate of drug-likeness (QED) is 0.540. The van der Waals surface area contributed by atoms with Crippen molar-refractivity contribution in [3.63, 3.8) is 0 Å². The zero-order chi connectivity index (χ0) is 19.4. The maximum Gasteiger partial charge on any atom is 0.274 e. The van der Waals surface area contributed by atoms with Crippen LogP contribution in [0.5, 0.6) is 0 Å². The molecular weight excluding hydrogens is 342 g/mol. The van der Waals surface area contributed by atoms with Gasteiger partial charge in [0, 0.05) is 17.2 Å². The first-order chi connectivity index (χ1) is 13.0. The van der Waals surface area contributed by atoms with E-state index in [0.29, 0.717) is 17.2 Å². The van der Waals surface area contributed by atoms with Gasteiger partial charge in [0.2, 0.25) is 5.91 Å². The van der Waals surface area contributed by atoms with Crippen molar-refractivity contribution in [3.05, 3.63) is 59.2 Å². The molecule has 1 heterocycles. The van der Waals surface area contributed by atoms with Crippen molar-refractivity contribution >= 4 is 11.8 Å². The molecule has 142 valence electrons. The fourth-order valence-corrected chi connectivity index (χ4v) is 3.95. The van der Waals surface area contributed by atoms with Crippen LogP contribution in [0.4, 0.5) is 0 Å². The Morgan fingerprint density at radius 1 is 1.22 bits per heavy atom. The molecule has 1 unspecified atom stereocenters. The average molecular weight is 367 g/mol. The Bertz CT molecular complexity index is 833. The third kappa shape index (κ3) is 4.02. The maximum absolute atomic E-state index is 12.0. The van der Waals surface area contributed by atoms with Crippen molar-refractivity contribution in [1.82, 2.24) is 10.4 Å². The number of nitrogens with zero attached hydrogens (tertiary/aromatic N) is 1. The van der Waals surface area contributed by atoms with Crippen molar-refractivity contribution in [2.45, 2.75) is 32.2 Å². The molecule has 2 aromatic carbocycles. The number of hydrogen-bond donors (Lipinski definition) is 3. The van der Waals surface area contributed by atoms with E-state index in [2.05, 4.69) is 11.8 Å². The van der Waals surface area contributed by atoms with Crippen LogP contribution in [0.15, 0.2) is 42.5 Å². The summed E-state index contributed by atoms with van der Waals surface area (Å²) < 4.78 is 0. The van der Waals surface area contributed by atoms with Gasteiger partial charge in [-0.3, -0.25) is 14.8 Å². The van der Waals surface area contributed by atoms with Gasteiger partial charge in [0.1, 0.15) is 0 Å². The van der Waals surface area contributed by atoms with Gasteiger partial charge in [-0.15, -0.1) is 0 Å². The first-order valence-electron chi connectivity index (χ1n) is 9.25. The number of hydrogen-bond acceptors (Lipinski definition) is 4. The smallest absolute Gasteiger partial charge is 0.274 e. The van der Waals surface area contributed by atoms with Crippen molar-refractivity contribution in [2.24, 2.45) is 5.73 Å². The first-order valence-corrected chi connectivity index (χ1v) is 9.25. The molecule has 1 fully saturated rings. The molecule has 4 N–H and O–H groups in total. The van der Waals surface area contributed by atoms with Gasteiger partial charge in [-0.25, -0.2) is 5.48 Å². The largest absolute Gasteiger partial charge is 0.366 e. The number of benzene rings is 2. The maximum atomic E-state index is 12.0. The Labute approximate surface area is 158 Å². The van der Waals surface area contributed by atoms with Crippen LogP contribution in [-0.2, 0) is 6.42 Å². The minimum absolute atomic E-state index is 0.363. The summed E-state index contributed by atoms with van der Waals surface area (Å²) in [5.41, 5.74) is 11.0. The molecule has 1 saturated heterocycles. The molecule has 3 rings (SSSR count). The molecule has 0 radical (unpaired) electrons. The SMILES string of the molecule is CCN1CCCC1Cc1c(C(N)=O)cccc1-c1ccc(C(=O)NO)cc1. The Kier molecular flexibility index (Phi) is 5.88. The zero-order valence-corrected chi connectivity index (χ0v) is 15.4. The van der Waals surface area contributed by atoms with E-state index in [0.717, 1.165) is 49.0 Å². The topological polar surface area (TPSA) is 95.7 Å². The zero-order valence-electron chi connectivity index (χ0n) is 15.4. The first kappa shape index (κ1) is 19.1. The molecule has 6 nitrogen and oxygen atoms in total. The molecule has 1 atom stereocenters. The molecule has 0 aliphatic carbocycles. The lowest BCUT2D eigenvalue weighted by atomic mass is 9.89. The van der Waals surface area contributed by atoms with Gasteiger partial charge in [-0.2, -0.15) is 0 Å². The summed E-state index contributed by atoms with van der Waals surface area (Å²) in [5.74, 6) is -0.985. The second-order valence-electron chi connectivity index (χ2n) is 6.84. The highest BCUT2D eigenvalue weighted by atomic mass is 16.5. The van der Waals surface area contributed by atoms with Crippen molar-refractivity contribution in [2.75, 3.05) is 13.1 Å². The van der Waals surface area contributed by atoms with E-state index in [4.69, 9.17) is 10.9 Å². The average Bonchev–Trinajstić information content (AvgIpc) is 3.14. The molecule has 2 amide bonds. The predicted molar refractivity (Wildman–Crippen MR) is 104 cm³/mol. The van der Waals surface area contributed by atoms with Crippen LogP contribution in [-0.4, -0.2) is 41.1 Å². The molecule has 0 bridgehead atoms. The molecule has 2 aromatic rings. The number of carbonyl (C=O) groups is 2. The minimum atomic E-state index is -0.558. The summed E-state index contributed by atoms with van der Waals surface area (Å²) in [6.45, 7) is 4.23. The molecule has 0 aromatic heterocycles. The molecule has 1 aliphatic rings. The summed E-state index contributed by atoms with van der Waals surface area (Å²) in [5, 5.41) is 8.77. The number of likely N-dealkylation sites (N-methyl/N-ethyl adjacent to an activating group) is 1. The van der Waals surface area contributed by atoms with Crippen LogP contribution in [0.25, 0.3) is 11.1 Å². The van der Waals surface area contributed by atoms with Gasteiger partial charge in [-0.1, -0.05) is 31.2 Å². The van der Waals surface area contributed by atoms with E-state index >= 15 is 0 Å². The van der Waals surface area contributed by atoms with Gasteiger partial charge < -0.3 is 10.6 Å². The van der Waals surface area contributed by atoms with E-state index in [1.54, 1.807) is 23.7 Å². The monoisotopic (exact) mass is 367 g/mol. The normalized spacial score (nSPS) is 17.0. The third-order valence-corrected chi connectivity index (χ3v) is 5.35. The van der Waals surface area contributed by atoms with Crippen LogP contribution in [0.3, 0.4) is 0 Å². The molecule has 1 aliphatic heterocycles. The summed E-state index contributed by atoms with van der Waals surface area (Å²) in [4.78, 5) is 26.0. The highest BCUT2D eigenvalue weighted by Gasteiger charge is 2.26. The number of nitrogens with one attached hydrogen (secondary N) is 1. The summed E-state index contributed by atoms with van der Waals surface area (Å²) >= 11 is 0. The summed E-state index contributed by atoms with van der Waals surface area (Å²) in [6, 6.07) is 12.9. The fourth-order valence-electron chi connectivity index (χ4n) is 3.95. The molecule has 0 spiro atoms. The van der Waals surface area contributed by atoms with E-state index in [-0.39, 0.29) is 0 Å². The number of primary amides is 1. The highest BCUT2D eigenvalue weighted by molar-refractivity contribution is 5.97. The third-order valence-electron chi connectivity index (χ3n) is 5.35. The summed E-state index contributed by atoms with van der Waals surface area (Å²) in [6.07, 6.45) is 3.04. The van der Waals surface area contributed by atoms with E-state index in [1.807, 2.05) is 24.3 Å². The van der Waals surface area contributed by atoms with Crippen LogP contribution in [0, 0.1) is 0 Å². The number of likely N-dealkylation sites (tertiary alicyclic amines) is 1. The number of rotatable bonds is 6. The van der Waals surface area contributed by atoms with Gasteiger partial charge in [-0.05, 0) is 67.2 Å².